The highest BCUT2D eigenvalue weighted by atomic mass is 32.2. The highest BCUT2D eigenvalue weighted by molar-refractivity contribution is 7.87. The van der Waals surface area contributed by atoms with Gasteiger partial charge >= 0.3 is 10.2 Å². The topological polar surface area (TPSA) is 113 Å². The van der Waals surface area contributed by atoms with Crippen molar-refractivity contribution < 1.29 is 22.3 Å². The maximum atomic E-state index is 13.9. The van der Waals surface area contributed by atoms with Gasteiger partial charge in [0.1, 0.15) is 11.5 Å². The van der Waals surface area contributed by atoms with E-state index in [0.717, 1.165) is 98.9 Å². The summed E-state index contributed by atoms with van der Waals surface area (Å²) >= 11 is 0. The largest absolute Gasteiger partial charge is 0.381 e. The Labute approximate surface area is 257 Å². The Balaban J connectivity index is 1.31. The molecule has 1 aliphatic carbocycles. The molecule has 4 aliphatic rings. The average Bonchev–Trinajstić information content (AvgIpc) is 3.58. The van der Waals surface area contributed by atoms with E-state index in [2.05, 4.69) is 14.5 Å². The molecule has 2 atom stereocenters. The lowest BCUT2D eigenvalue weighted by Gasteiger charge is -2.42. The second kappa shape index (κ2) is 11.7. The lowest BCUT2D eigenvalue weighted by atomic mass is 9.81. The molecule has 0 radical (unpaired) electrons. The van der Waals surface area contributed by atoms with E-state index in [1.165, 1.54) is 26.2 Å². The van der Waals surface area contributed by atoms with E-state index >= 15 is 0 Å². The number of anilines is 1. The van der Waals surface area contributed by atoms with Crippen LogP contribution in [0.2, 0.25) is 0 Å². The van der Waals surface area contributed by atoms with Crippen LogP contribution in [0.25, 0.3) is 16.7 Å². The number of hydrogen-bond donors (Lipinski definition) is 1. The number of carbonyl (C=O) groups is 1. The monoisotopic (exact) mass is 625 g/mol. The van der Waals surface area contributed by atoms with Crippen molar-refractivity contribution in [2.75, 3.05) is 51.8 Å². The average molecular weight is 626 g/mol. The van der Waals surface area contributed by atoms with Crippen molar-refractivity contribution in [3.63, 3.8) is 0 Å². The Hall–Kier alpha value is -3.13. The summed E-state index contributed by atoms with van der Waals surface area (Å²) in [6, 6.07) is 8.88. The van der Waals surface area contributed by atoms with E-state index in [1.54, 1.807) is 22.9 Å². The molecule has 1 N–H and O–H groups in total. The molecule has 3 saturated heterocycles. The minimum absolute atomic E-state index is 0.00118. The number of benzene rings is 1. The SMILES string of the molecule is CN(C)S(=O)(=O)NC(=O)c1cc(N2CCC3C(CCN3C3CCOCC3)C2)c2c(C3CCC3)nn(-c3ccc(F)cc3)c2n1. The summed E-state index contributed by atoms with van der Waals surface area (Å²) < 4.78 is 49.5. The summed E-state index contributed by atoms with van der Waals surface area (Å²) in [5.74, 6) is -0.413. The van der Waals surface area contributed by atoms with Crippen LogP contribution < -0.4 is 9.62 Å². The van der Waals surface area contributed by atoms with Crippen LogP contribution in [0.4, 0.5) is 10.1 Å². The van der Waals surface area contributed by atoms with Crippen LogP contribution in [0, 0.1) is 11.7 Å². The van der Waals surface area contributed by atoms with Crippen LogP contribution in [0.5, 0.6) is 0 Å². The van der Waals surface area contributed by atoms with Crippen molar-refractivity contribution in [2.24, 2.45) is 5.92 Å². The fourth-order valence-electron chi connectivity index (χ4n) is 7.39. The fourth-order valence-corrected chi connectivity index (χ4v) is 7.91. The van der Waals surface area contributed by atoms with E-state index in [9.17, 15) is 17.6 Å². The highest BCUT2D eigenvalue weighted by Crippen LogP contribution is 2.44. The maximum absolute atomic E-state index is 13.9. The van der Waals surface area contributed by atoms with Crippen LogP contribution in [0.1, 0.15) is 67.0 Å². The summed E-state index contributed by atoms with van der Waals surface area (Å²) in [7, 11) is -1.31. The lowest BCUT2D eigenvalue weighted by molar-refractivity contribution is 0.0231. The number of carbonyl (C=O) groups excluding carboxylic acids is 1. The summed E-state index contributed by atoms with van der Waals surface area (Å²) in [5.41, 5.74) is 2.89. The van der Waals surface area contributed by atoms with Crippen LogP contribution in [0.15, 0.2) is 30.3 Å². The summed E-state index contributed by atoms with van der Waals surface area (Å²) in [5, 5.41) is 5.93. The number of fused-ring (bicyclic) bond motifs is 2. The molecule has 1 amide bonds. The van der Waals surface area contributed by atoms with Gasteiger partial charge in [0.15, 0.2) is 5.65 Å². The van der Waals surface area contributed by atoms with E-state index in [1.807, 2.05) is 0 Å². The Bertz CT molecular complexity index is 1650. The number of aromatic nitrogens is 3. The quantitative estimate of drug-likeness (QED) is 0.425. The van der Waals surface area contributed by atoms with Gasteiger partial charge in [-0.2, -0.15) is 17.8 Å². The summed E-state index contributed by atoms with van der Waals surface area (Å²) in [4.78, 5) is 23.3. The zero-order valence-electron chi connectivity index (χ0n) is 25.3. The zero-order chi connectivity index (χ0) is 30.6. The van der Waals surface area contributed by atoms with Crippen molar-refractivity contribution in [1.29, 1.82) is 0 Å². The first-order valence-electron chi connectivity index (χ1n) is 15.7. The molecular weight excluding hydrogens is 585 g/mol. The molecule has 0 spiro atoms. The molecule has 1 saturated carbocycles. The van der Waals surface area contributed by atoms with Crippen LogP contribution in [-0.4, -0.2) is 97.3 Å². The third kappa shape index (κ3) is 5.37. The second-order valence-electron chi connectivity index (χ2n) is 12.8. The van der Waals surface area contributed by atoms with Crippen molar-refractivity contribution >= 4 is 32.8 Å². The van der Waals surface area contributed by atoms with Crippen LogP contribution in [0.3, 0.4) is 0 Å². The Morgan fingerprint density at radius 2 is 1.80 bits per heavy atom. The van der Waals surface area contributed by atoms with Crippen molar-refractivity contribution in [3.8, 4) is 5.69 Å². The molecule has 13 heteroatoms. The predicted octanol–water partition coefficient (Wildman–Crippen LogP) is 3.44. The van der Waals surface area contributed by atoms with Gasteiger partial charge in [-0.1, -0.05) is 6.42 Å². The minimum atomic E-state index is -4.03. The van der Waals surface area contributed by atoms with Crippen molar-refractivity contribution in [2.45, 2.75) is 62.9 Å². The molecule has 236 valence electrons. The fraction of sp³-hybridized carbons (Fsp3) is 0.581. The van der Waals surface area contributed by atoms with Gasteiger partial charge in [0, 0.05) is 58.4 Å². The number of likely N-dealkylation sites (tertiary alicyclic amines) is 1. The first kappa shape index (κ1) is 29.6. The van der Waals surface area contributed by atoms with Crippen molar-refractivity contribution in [3.05, 3.63) is 47.5 Å². The number of pyridine rings is 1. The van der Waals surface area contributed by atoms with Crippen LogP contribution in [-0.2, 0) is 14.9 Å². The maximum Gasteiger partial charge on any atom is 0.303 e. The molecule has 0 bridgehead atoms. The number of rotatable bonds is 7. The molecule has 44 heavy (non-hydrogen) atoms. The van der Waals surface area contributed by atoms with Gasteiger partial charge < -0.3 is 9.64 Å². The number of halogens is 1. The Morgan fingerprint density at radius 3 is 2.48 bits per heavy atom. The van der Waals surface area contributed by atoms with Gasteiger partial charge in [0.25, 0.3) is 5.91 Å². The minimum Gasteiger partial charge on any atom is -0.381 e. The smallest absolute Gasteiger partial charge is 0.303 e. The molecule has 3 aliphatic heterocycles. The molecule has 11 nitrogen and oxygen atoms in total. The molecule has 2 unspecified atom stereocenters. The van der Waals surface area contributed by atoms with Gasteiger partial charge in [-0.15, -0.1) is 0 Å². The Kier molecular flexibility index (Phi) is 7.84. The molecular formula is C31H40FN7O4S. The molecule has 2 aromatic heterocycles. The first-order chi connectivity index (χ1) is 21.2. The third-order valence-electron chi connectivity index (χ3n) is 10.0. The van der Waals surface area contributed by atoms with Gasteiger partial charge in [-0.3, -0.25) is 9.69 Å². The molecule has 1 aromatic carbocycles. The molecule has 7 rings (SSSR count). The standard InChI is InChI=1S/C31H40FN7O4S/c1-36(2)44(41,42)35-31(40)25-18-27(37-14-11-26-21(19-37)10-15-38(26)23-12-16-43-17-13-23)28-29(20-4-3-5-20)34-39(30(28)33-25)24-8-6-22(32)7-9-24/h6-9,18,20-21,23,26H,3-5,10-17,19H2,1-2H3,(H,35,40). The predicted molar refractivity (Wildman–Crippen MR) is 165 cm³/mol. The molecule has 5 heterocycles. The summed E-state index contributed by atoms with van der Waals surface area (Å²) in [6.07, 6.45) is 7.45. The number of nitrogens with zero attached hydrogens (tertiary/aromatic N) is 6. The number of nitrogens with one attached hydrogen (secondary N) is 1. The first-order valence-corrected chi connectivity index (χ1v) is 17.2. The molecule has 4 fully saturated rings. The van der Waals surface area contributed by atoms with Crippen molar-refractivity contribution in [1.82, 2.24) is 28.7 Å². The van der Waals surface area contributed by atoms with Crippen LogP contribution >= 0.6 is 0 Å². The van der Waals surface area contributed by atoms with E-state index in [0.29, 0.717) is 29.3 Å². The zero-order valence-corrected chi connectivity index (χ0v) is 26.1. The highest BCUT2D eigenvalue weighted by Gasteiger charge is 2.42. The van der Waals surface area contributed by atoms with Gasteiger partial charge in [0.2, 0.25) is 0 Å². The van der Waals surface area contributed by atoms with Gasteiger partial charge in [-0.05, 0) is 81.3 Å². The number of piperidine rings is 1. The number of hydrogen-bond acceptors (Lipinski definition) is 8. The molecule has 3 aromatic rings. The third-order valence-corrected chi connectivity index (χ3v) is 11.4. The number of ether oxygens (including phenoxy) is 1. The second-order valence-corrected chi connectivity index (χ2v) is 14.7. The number of amides is 1. The Morgan fingerprint density at radius 1 is 1.05 bits per heavy atom. The normalized spacial score (nSPS) is 23.7. The van der Waals surface area contributed by atoms with Gasteiger partial charge in [-0.25, -0.2) is 18.8 Å². The summed E-state index contributed by atoms with van der Waals surface area (Å²) in [6.45, 7) is 4.40. The van der Waals surface area contributed by atoms with E-state index in [-0.39, 0.29) is 17.4 Å². The lowest BCUT2D eigenvalue weighted by Crippen LogP contribution is -2.50. The van der Waals surface area contributed by atoms with E-state index in [4.69, 9.17) is 14.8 Å². The van der Waals surface area contributed by atoms with E-state index < -0.39 is 16.1 Å². The van der Waals surface area contributed by atoms with Gasteiger partial charge in [0.05, 0.1) is 22.5 Å².